The number of hydrogen-bond acceptors (Lipinski definition) is 2. The second-order valence-electron chi connectivity index (χ2n) is 2.78. The Morgan fingerprint density at radius 2 is 2.08 bits per heavy atom. The fourth-order valence-electron chi connectivity index (χ4n) is 1.26. The van der Waals surface area contributed by atoms with Gasteiger partial charge in [-0.2, -0.15) is 0 Å². The van der Waals surface area contributed by atoms with Gasteiger partial charge in [0.15, 0.2) is 0 Å². The van der Waals surface area contributed by atoms with Crippen molar-refractivity contribution in [2.45, 2.75) is 0 Å². The summed E-state index contributed by atoms with van der Waals surface area (Å²) in [5.74, 6) is -0.452. The van der Waals surface area contributed by atoms with E-state index in [-0.39, 0.29) is 5.56 Å². The summed E-state index contributed by atoms with van der Waals surface area (Å²) < 4.78 is 12.8. The molecule has 0 aliphatic rings. The Hall–Kier alpha value is -1.84. The first-order valence-corrected chi connectivity index (χ1v) is 3.75. The van der Waals surface area contributed by atoms with Crippen LogP contribution in [0.3, 0.4) is 0 Å². The van der Waals surface area contributed by atoms with Crippen molar-refractivity contribution < 1.29 is 4.39 Å². The summed E-state index contributed by atoms with van der Waals surface area (Å²) in [7, 11) is 0. The number of halogens is 1. The van der Waals surface area contributed by atoms with Crippen LogP contribution in [0, 0.1) is 5.82 Å². The van der Waals surface area contributed by atoms with E-state index in [9.17, 15) is 9.18 Å². The second-order valence-corrected chi connectivity index (χ2v) is 2.78. The molecule has 2 aromatic rings. The molecule has 3 N–H and O–H groups in total. The number of nitrogens with one attached hydrogen (secondary N) is 1. The van der Waals surface area contributed by atoms with Crippen LogP contribution in [0.5, 0.6) is 0 Å². The fraction of sp³-hybridized carbons (Fsp3) is 0. The highest BCUT2D eigenvalue weighted by atomic mass is 19.1. The minimum Gasteiger partial charge on any atom is -0.398 e. The molecule has 0 fully saturated rings. The molecule has 0 amide bonds. The Kier molecular flexibility index (Phi) is 1.55. The lowest BCUT2D eigenvalue weighted by Gasteiger charge is -2.00. The van der Waals surface area contributed by atoms with Crippen molar-refractivity contribution in [1.29, 1.82) is 0 Å². The third kappa shape index (κ3) is 1.26. The molecule has 1 aromatic heterocycles. The van der Waals surface area contributed by atoms with Gasteiger partial charge in [-0.1, -0.05) is 0 Å². The topological polar surface area (TPSA) is 58.9 Å². The highest BCUT2D eigenvalue weighted by Crippen LogP contribution is 2.18. The van der Waals surface area contributed by atoms with Crippen LogP contribution in [0.4, 0.5) is 10.1 Å². The van der Waals surface area contributed by atoms with Crippen LogP contribution in [-0.4, -0.2) is 4.98 Å². The van der Waals surface area contributed by atoms with E-state index in [1.807, 2.05) is 0 Å². The molecule has 13 heavy (non-hydrogen) atoms. The summed E-state index contributed by atoms with van der Waals surface area (Å²) in [4.78, 5) is 13.4. The molecule has 0 radical (unpaired) electrons. The Bertz CT molecular complexity index is 518. The van der Waals surface area contributed by atoms with Gasteiger partial charge in [-0.25, -0.2) is 4.39 Å². The van der Waals surface area contributed by atoms with Gasteiger partial charge in [0.1, 0.15) is 5.82 Å². The average molecular weight is 178 g/mol. The lowest BCUT2D eigenvalue weighted by Crippen LogP contribution is -2.03. The van der Waals surface area contributed by atoms with E-state index in [2.05, 4.69) is 4.98 Å². The Labute approximate surface area is 73.0 Å². The van der Waals surface area contributed by atoms with Crippen molar-refractivity contribution in [3.8, 4) is 0 Å². The minimum absolute atomic E-state index is 0.266. The first kappa shape index (κ1) is 7.79. The zero-order valence-electron chi connectivity index (χ0n) is 6.67. The normalized spacial score (nSPS) is 10.5. The third-order valence-corrected chi connectivity index (χ3v) is 1.84. The van der Waals surface area contributed by atoms with Crippen molar-refractivity contribution in [2.75, 3.05) is 5.73 Å². The van der Waals surface area contributed by atoms with Crippen LogP contribution in [-0.2, 0) is 0 Å². The standard InChI is InChI=1S/C9H7FN2O/c10-5-3-7(11)6-1-2-9(13)12-8(6)4-5/h1-4H,11H2,(H,12,13). The van der Waals surface area contributed by atoms with Crippen LogP contribution in [0.1, 0.15) is 0 Å². The van der Waals surface area contributed by atoms with Crippen LogP contribution in [0.25, 0.3) is 10.9 Å². The summed E-state index contributed by atoms with van der Waals surface area (Å²) in [5, 5.41) is 0.654. The predicted octanol–water partition coefficient (Wildman–Crippen LogP) is 1.25. The molecule has 0 saturated carbocycles. The smallest absolute Gasteiger partial charge is 0.248 e. The molecule has 3 nitrogen and oxygen atoms in total. The van der Waals surface area contributed by atoms with Crippen molar-refractivity contribution in [1.82, 2.24) is 4.98 Å². The maximum Gasteiger partial charge on any atom is 0.248 e. The zero-order chi connectivity index (χ0) is 9.42. The minimum atomic E-state index is -0.452. The van der Waals surface area contributed by atoms with Crippen molar-refractivity contribution in [2.24, 2.45) is 0 Å². The van der Waals surface area contributed by atoms with E-state index in [1.165, 1.54) is 18.2 Å². The Morgan fingerprint density at radius 1 is 1.31 bits per heavy atom. The number of benzene rings is 1. The summed E-state index contributed by atoms with van der Waals surface area (Å²) in [6, 6.07) is 5.40. The van der Waals surface area contributed by atoms with Gasteiger partial charge in [-0.3, -0.25) is 4.79 Å². The molecule has 0 aliphatic carbocycles. The summed E-state index contributed by atoms with van der Waals surface area (Å²) in [5.41, 5.74) is 6.03. The van der Waals surface area contributed by atoms with E-state index < -0.39 is 5.82 Å². The van der Waals surface area contributed by atoms with Crippen LogP contribution in [0.2, 0.25) is 0 Å². The fourth-order valence-corrected chi connectivity index (χ4v) is 1.26. The number of anilines is 1. The Balaban J connectivity index is 2.94. The van der Waals surface area contributed by atoms with Crippen molar-refractivity contribution >= 4 is 16.6 Å². The molecular formula is C9H7FN2O. The molecule has 0 spiro atoms. The number of pyridine rings is 1. The number of rotatable bonds is 0. The average Bonchev–Trinajstić information content (AvgIpc) is 2.02. The largest absolute Gasteiger partial charge is 0.398 e. The second kappa shape index (κ2) is 2.58. The number of nitrogen functional groups attached to an aromatic ring is 1. The molecule has 1 heterocycles. The number of nitrogens with two attached hydrogens (primary N) is 1. The van der Waals surface area contributed by atoms with Crippen LogP contribution >= 0.6 is 0 Å². The first-order valence-electron chi connectivity index (χ1n) is 3.75. The molecule has 2 rings (SSSR count). The number of H-pyrrole nitrogens is 1. The molecule has 1 aromatic carbocycles. The Morgan fingerprint density at radius 3 is 2.85 bits per heavy atom. The van der Waals surface area contributed by atoms with E-state index in [4.69, 9.17) is 5.73 Å². The van der Waals surface area contributed by atoms with Gasteiger partial charge >= 0.3 is 0 Å². The van der Waals surface area contributed by atoms with Gasteiger partial charge in [0.2, 0.25) is 5.56 Å². The van der Waals surface area contributed by atoms with Gasteiger partial charge in [0.05, 0.1) is 5.52 Å². The molecule has 66 valence electrons. The zero-order valence-corrected chi connectivity index (χ0v) is 6.67. The maximum absolute atomic E-state index is 12.8. The molecule has 0 aliphatic heterocycles. The van der Waals surface area contributed by atoms with Gasteiger partial charge in [-0.15, -0.1) is 0 Å². The van der Waals surface area contributed by atoms with Gasteiger partial charge in [0.25, 0.3) is 0 Å². The molecule has 0 unspecified atom stereocenters. The molecule has 0 saturated heterocycles. The van der Waals surface area contributed by atoms with Gasteiger partial charge in [0, 0.05) is 17.1 Å². The first-order chi connectivity index (χ1) is 6.16. The molecular weight excluding hydrogens is 171 g/mol. The monoisotopic (exact) mass is 178 g/mol. The SMILES string of the molecule is Nc1cc(F)cc2[nH]c(=O)ccc12. The molecule has 0 bridgehead atoms. The number of aromatic amines is 1. The number of aromatic nitrogens is 1. The van der Waals surface area contributed by atoms with Crippen molar-refractivity contribution in [3.63, 3.8) is 0 Å². The number of hydrogen-bond donors (Lipinski definition) is 2. The summed E-state index contributed by atoms with van der Waals surface area (Å²) in [6.45, 7) is 0. The summed E-state index contributed by atoms with van der Waals surface area (Å²) in [6.07, 6.45) is 0. The number of fused-ring (bicyclic) bond motifs is 1. The third-order valence-electron chi connectivity index (χ3n) is 1.84. The van der Waals surface area contributed by atoms with E-state index in [0.29, 0.717) is 16.6 Å². The van der Waals surface area contributed by atoms with Crippen molar-refractivity contribution in [3.05, 3.63) is 40.4 Å². The molecule has 4 heteroatoms. The summed E-state index contributed by atoms with van der Waals surface area (Å²) >= 11 is 0. The van der Waals surface area contributed by atoms with E-state index in [1.54, 1.807) is 6.07 Å². The lowest BCUT2D eigenvalue weighted by molar-refractivity contribution is 0.630. The highest BCUT2D eigenvalue weighted by molar-refractivity contribution is 5.89. The quantitative estimate of drug-likeness (QED) is 0.596. The van der Waals surface area contributed by atoms with Crippen LogP contribution in [0.15, 0.2) is 29.1 Å². The maximum atomic E-state index is 12.8. The van der Waals surface area contributed by atoms with E-state index >= 15 is 0 Å². The highest BCUT2D eigenvalue weighted by Gasteiger charge is 2.00. The van der Waals surface area contributed by atoms with Crippen LogP contribution < -0.4 is 11.3 Å². The molecule has 0 atom stereocenters. The lowest BCUT2D eigenvalue weighted by atomic mass is 10.2. The van der Waals surface area contributed by atoms with Gasteiger partial charge < -0.3 is 10.7 Å². The van der Waals surface area contributed by atoms with Gasteiger partial charge in [-0.05, 0) is 18.2 Å². The van der Waals surface area contributed by atoms with E-state index in [0.717, 1.165) is 0 Å². The predicted molar refractivity (Wildman–Crippen MR) is 48.9 cm³/mol.